The third-order valence-corrected chi connectivity index (χ3v) is 4.14. The van der Waals surface area contributed by atoms with E-state index in [0.717, 1.165) is 19.3 Å². The Labute approximate surface area is 130 Å². The second-order valence-electron chi connectivity index (χ2n) is 5.95. The molecule has 21 heavy (non-hydrogen) atoms. The monoisotopic (exact) mass is 301 g/mol. The predicted octanol–water partition coefficient (Wildman–Crippen LogP) is 3.23. The fraction of sp³-hybridized carbons (Fsp3) is 0.938. The van der Waals surface area contributed by atoms with E-state index >= 15 is 0 Å². The lowest BCUT2D eigenvalue weighted by molar-refractivity contribution is -0.152. The molecular formula is C16H35N3O2. The average Bonchev–Trinajstić information content (AvgIpc) is 2.47. The van der Waals surface area contributed by atoms with Crippen LogP contribution in [-0.4, -0.2) is 28.3 Å². The van der Waals surface area contributed by atoms with Gasteiger partial charge < -0.3 is 10.8 Å². The first kappa shape index (κ1) is 20.3. The number of hydrazine groups is 1. The van der Waals surface area contributed by atoms with Gasteiger partial charge in [0.1, 0.15) is 0 Å². The molecule has 0 fully saturated rings. The van der Waals surface area contributed by atoms with Gasteiger partial charge in [-0.25, -0.2) is 9.80 Å². The molecule has 0 spiro atoms. The van der Waals surface area contributed by atoms with Crippen LogP contribution in [0.25, 0.3) is 0 Å². The molecule has 0 saturated heterocycles. The van der Waals surface area contributed by atoms with E-state index in [1.54, 1.807) is 0 Å². The van der Waals surface area contributed by atoms with Crippen LogP contribution in [0.5, 0.6) is 0 Å². The quantitative estimate of drug-likeness (QED) is 0.198. The van der Waals surface area contributed by atoms with Crippen LogP contribution in [0.15, 0.2) is 0 Å². The van der Waals surface area contributed by atoms with Crippen molar-refractivity contribution in [3.63, 3.8) is 0 Å². The van der Waals surface area contributed by atoms with Crippen LogP contribution >= 0.6 is 0 Å². The Kier molecular flexibility index (Phi) is 11.6. The molecule has 1 atom stereocenters. The molecule has 0 amide bonds. The van der Waals surface area contributed by atoms with Gasteiger partial charge in [-0.1, -0.05) is 71.6 Å². The Morgan fingerprint density at radius 1 is 0.952 bits per heavy atom. The molecule has 0 rings (SSSR count). The zero-order valence-corrected chi connectivity index (χ0v) is 13.9. The maximum absolute atomic E-state index is 11.3. The number of hydrogen-bond donors (Lipinski definition) is 3. The first-order chi connectivity index (χ1) is 9.99. The standard InChI is InChI=1S/C16H35N3O2/c1-3-5-6-7-8-9-10-11-12-13-14-16(17,15(20)21)19(18)4-2/h3-14,17-18H2,1-2H3,(H,20,21). The highest BCUT2D eigenvalue weighted by atomic mass is 16.4. The van der Waals surface area contributed by atoms with Crippen LogP contribution < -0.4 is 11.6 Å². The Morgan fingerprint density at radius 3 is 1.76 bits per heavy atom. The summed E-state index contributed by atoms with van der Waals surface area (Å²) in [6.45, 7) is 4.47. The van der Waals surface area contributed by atoms with Crippen molar-refractivity contribution >= 4 is 5.97 Å². The van der Waals surface area contributed by atoms with Gasteiger partial charge in [-0.2, -0.15) is 0 Å². The van der Waals surface area contributed by atoms with Crippen molar-refractivity contribution in [1.29, 1.82) is 0 Å². The summed E-state index contributed by atoms with van der Waals surface area (Å²) in [6, 6.07) is 0. The van der Waals surface area contributed by atoms with E-state index in [9.17, 15) is 9.90 Å². The number of carboxylic acids is 1. The molecule has 0 heterocycles. The molecule has 0 aromatic heterocycles. The number of rotatable bonds is 14. The first-order valence-corrected chi connectivity index (χ1v) is 8.53. The van der Waals surface area contributed by atoms with Crippen molar-refractivity contribution in [1.82, 2.24) is 5.01 Å². The molecule has 0 aliphatic heterocycles. The molecule has 5 heteroatoms. The van der Waals surface area contributed by atoms with Gasteiger partial charge >= 0.3 is 5.97 Å². The van der Waals surface area contributed by atoms with Gasteiger partial charge in [-0.05, 0) is 12.8 Å². The molecular weight excluding hydrogens is 266 g/mol. The minimum Gasteiger partial charge on any atom is -0.479 e. The third kappa shape index (κ3) is 8.39. The molecule has 5 N–H and O–H groups in total. The van der Waals surface area contributed by atoms with E-state index in [4.69, 9.17) is 11.6 Å². The summed E-state index contributed by atoms with van der Waals surface area (Å²) in [6.07, 6.45) is 12.6. The number of hydrogen-bond acceptors (Lipinski definition) is 4. The zero-order valence-electron chi connectivity index (χ0n) is 13.9. The number of nitrogens with zero attached hydrogens (tertiary/aromatic N) is 1. The fourth-order valence-corrected chi connectivity index (χ4v) is 2.54. The fourth-order valence-electron chi connectivity index (χ4n) is 2.54. The van der Waals surface area contributed by atoms with Crippen LogP contribution in [0.2, 0.25) is 0 Å². The summed E-state index contributed by atoms with van der Waals surface area (Å²) in [5, 5.41) is 10.5. The highest BCUT2D eigenvalue weighted by molar-refractivity contribution is 5.77. The third-order valence-electron chi connectivity index (χ3n) is 4.14. The van der Waals surface area contributed by atoms with Gasteiger partial charge in [0, 0.05) is 6.54 Å². The zero-order chi connectivity index (χ0) is 16.1. The van der Waals surface area contributed by atoms with E-state index in [-0.39, 0.29) is 0 Å². The Morgan fingerprint density at radius 2 is 1.38 bits per heavy atom. The van der Waals surface area contributed by atoms with Gasteiger partial charge in [-0.15, -0.1) is 0 Å². The van der Waals surface area contributed by atoms with E-state index in [0.29, 0.717) is 13.0 Å². The number of carboxylic acid groups (broad SMARTS) is 1. The molecule has 0 radical (unpaired) electrons. The van der Waals surface area contributed by atoms with Crippen molar-refractivity contribution in [2.24, 2.45) is 11.6 Å². The summed E-state index contributed by atoms with van der Waals surface area (Å²) in [5.74, 6) is 4.66. The van der Waals surface area contributed by atoms with Crippen LogP contribution in [0.3, 0.4) is 0 Å². The average molecular weight is 301 g/mol. The molecule has 0 aromatic carbocycles. The van der Waals surface area contributed by atoms with Crippen molar-refractivity contribution in [3.8, 4) is 0 Å². The first-order valence-electron chi connectivity index (χ1n) is 8.53. The largest absolute Gasteiger partial charge is 0.479 e. The van der Waals surface area contributed by atoms with Crippen molar-refractivity contribution in [2.45, 2.75) is 90.1 Å². The van der Waals surface area contributed by atoms with E-state index in [1.807, 2.05) is 6.92 Å². The van der Waals surface area contributed by atoms with Crippen LogP contribution in [-0.2, 0) is 4.79 Å². The summed E-state index contributed by atoms with van der Waals surface area (Å²) in [5.41, 5.74) is 4.48. The summed E-state index contributed by atoms with van der Waals surface area (Å²) in [7, 11) is 0. The lowest BCUT2D eigenvalue weighted by atomic mass is 10.00. The van der Waals surface area contributed by atoms with Gasteiger partial charge in [0.15, 0.2) is 5.66 Å². The van der Waals surface area contributed by atoms with Crippen molar-refractivity contribution in [2.75, 3.05) is 6.54 Å². The van der Waals surface area contributed by atoms with Gasteiger partial charge in [0.25, 0.3) is 0 Å². The van der Waals surface area contributed by atoms with Gasteiger partial charge in [-0.3, -0.25) is 5.84 Å². The SMILES string of the molecule is CCCCCCCCCCCCC(N)(C(=O)O)N(N)CC. The van der Waals surface area contributed by atoms with Crippen LogP contribution in [0, 0.1) is 0 Å². The van der Waals surface area contributed by atoms with Crippen LogP contribution in [0.4, 0.5) is 0 Å². The second kappa shape index (κ2) is 12.0. The molecule has 0 aliphatic rings. The molecule has 0 saturated carbocycles. The lowest BCUT2D eigenvalue weighted by Crippen LogP contribution is -2.64. The molecule has 1 unspecified atom stereocenters. The lowest BCUT2D eigenvalue weighted by Gasteiger charge is -2.33. The smallest absolute Gasteiger partial charge is 0.340 e. The maximum Gasteiger partial charge on any atom is 0.340 e. The predicted molar refractivity (Wildman–Crippen MR) is 87.6 cm³/mol. The molecule has 0 aromatic rings. The highest BCUT2D eigenvalue weighted by Gasteiger charge is 2.37. The van der Waals surface area contributed by atoms with Crippen molar-refractivity contribution < 1.29 is 9.90 Å². The summed E-state index contributed by atoms with van der Waals surface area (Å²) >= 11 is 0. The Balaban J connectivity index is 3.66. The second-order valence-corrected chi connectivity index (χ2v) is 5.95. The van der Waals surface area contributed by atoms with Gasteiger partial charge in [0.2, 0.25) is 0 Å². The number of aliphatic carboxylic acids is 1. The van der Waals surface area contributed by atoms with E-state index < -0.39 is 11.6 Å². The molecule has 5 nitrogen and oxygen atoms in total. The summed E-state index contributed by atoms with van der Waals surface area (Å²) < 4.78 is 0. The highest BCUT2D eigenvalue weighted by Crippen LogP contribution is 2.17. The number of unbranched alkanes of at least 4 members (excludes halogenated alkanes) is 9. The van der Waals surface area contributed by atoms with Gasteiger partial charge in [0.05, 0.1) is 0 Å². The Hall–Kier alpha value is -0.650. The molecule has 0 aliphatic carbocycles. The van der Waals surface area contributed by atoms with Crippen LogP contribution in [0.1, 0.15) is 84.5 Å². The number of nitrogens with two attached hydrogens (primary N) is 2. The Bertz CT molecular complexity index is 274. The number of likely N-dealkylation sites (N-methyl/N-ethyl adjacent to an activating group) is 1. The number of carbonyl (C=O) groups is 1. The summed E-state index contributed by atoms with van der Waals surface area (Å²) in [4.78, 5) is 11.3. The minimum absolute atomic E-state index is 0.406. The minimum atomic E-state index is -1.42. The van der Waals surface area contributed by atoms with E-state index in [2.05, 4.69) is 6.92 Å². The topological polar surface area (TPSA) is 92.6 Å². The van der Waals surface area contributed by atoms with Crippen molar-refractivity contribution in [3.05, 3.63) is 0 Å². The normalized spacial score (nSPS) is 14.3. The molecule has 0 bridgehead atoms. The van der Waals surface area contributed by atoms with E-state index in [1.165, 1.54) is 50.0 Å². The maximum atomic E-state index is 11.3. The molecule has 126 valence electrons.